The highest BCUT2D eigenvalue weighted by Gasteiger charge is 2.49. The van der Waals surface area contributed by atoms with Gasteiger partial charge in [-0.3, -0.25) is 8.98 Å². The molecule has 2 aliphatic rings. The van der Waals surface area contributed by atoms with Crippen molar-refractivity contribution in [2.45, 2.75) is 70.9 Å². The van der Waals surface area contributed by atoms with Gasteiger partial charge in [-0.05, 0) is 67.2 Å². The molecule has 1 aromatic rings. The molecule has 28 heavy (non-hydrogen) atoms. The monoisotopic (exact) mass is 409 g/mol. The molecule has 3 rings (SSSR count). The Morgan fingerprint density at radius 3 is 2.57 bits per heavy atom. The summed E-state index contributed by atoms with van der Waals surface area (Å²) in [5.41, 5.74) is 2.29. The van der Waals surface area contributed by atoms with E-state index in [4.69, 9.17) is 8.92 Å². The Hall–Kier alpha value is -1.60. The quantitative estimate of drug-likeness (QED) is 0.697. The maximum atomic E-state index is 12.2. The predicted octanol–water partition coefficient (Wildman–Crippen LogP) is 3.50. The van der Waals surface area contributed by atoms with Crippen molar-refractivity contribution in [3.63, 3.8) is 0 Å². The van der Waals surface area contributed by atoms with Crippen molar-refractivity contribution in [1.82, 2.24) is 5.32 Å². The Balaban J connectivity index is 1.82. The van der Waals surface area contributed by atoms with E-state index in [0.29, 0.717) is 25.9 Å². The normalized spacial score (nSPS) is 26.8. The second kappa shape index (κ2) is 8.41. The molecule has 0 radical (unpaired) electrons. The third-order valence-electron chi connectivity index (χ3n) is 5.92. The Morgan fingerprint density at radius 2 is 1.96 bits per heavy atom. The van der Waals surface area contributed by atoms with E-state index in [9.17, 15) is 13.2 Å². The molecule has 0 aliphatic heterocycles. The molecular weight excluding hydrogens is 378 g/mol. The fourth-order valence-corrected chi connectivity index (χ4v) is 5.29. The zero-order valence-electron chi connectivity index (χ0n) is 17.0. The number of nitrogens with one attached hydrogen (secondary N) is 1. The standard InChI is InChI=1S/C21H31NO5S/c1-4-12-26-17-6-7-18-15(13-17)14-21(20(18)22-19(23)5-2)10-8-16(9-11-21)27-28(3,24)25/h6-7,13,16,20H,4-5,8-12,14H2,1-3H3,(H,22,23). The minimum atomic E-state index is -3.45. The molecule has 0 saturated heterocycles. The molecule has 0 aromatic heterocycles. The predicted molar refractivity (Wildman–Crippen MR) is 108 cm³/mol. The number of benzene rings is 1. The number of carbonyl (C=O) groups is 1. The fraction of sp³-hybridized carbons (Fsp3) is 0.667. The van der Waals surface area contributed by atoms with Gasteiger partial charge in [0, 0.05) is 6.42 Å². The molecule has 156 valence electrons. The molecule has 1 spiro atoms. The van der Waals surface area contributed by atoms with Gasteiger partial charge in [0.15, 0.2) is 0 Å². The first-order valence-electron chi connectivity index (χ1n) is 10.2. The summed E-state index contributed by atoms with van der Waals surface area (Å²) in [4.78, 5) is 12.2. The molecule has 2 aliphatic carbocycles. The van der Waals surface area contributed by atoms with E-state index in [-0.39, 0.29) is 23.5 Å². The fourth-order valence-electron chi connectivity index (χ4n) is 4.61. The van der Waals surface area contributed by atoms with Crippen molar-refractivity contribution in [3.8, 4) is 5.75 Å². The Morgan fingerprint density at radius 1 is 1.25 bits per heavy atom. The number of hydrogen-bond donors (Lipinski definition) is 1. The van der Waals surface area contributed by atoms with Crippen molar-refractivity contribution < 1.29 is 22.1 Å². The highest BCUT2D eigenvalue weighted by atomic mass is 32.2. The van der Waals surface area contributed by atoms with Gasteiger partial charge in [-0.1, -0.05) is 19.9 Å². The van der Waals surface area contributed by atoms with Gasteiger partial charge in [0.2, 0.25) is 5.91 Å². The minimum absolute atomic E-state index is 0.0399. The molecule has 0 bridgehead atoms. The number of hydrogen-bond acceptors (Lipinski definition) is 5. The summed E-state index contributed by atoms with van der Waals surface area (Å²) < 4.78 is 34.0. The summed E-state index contributed by atoms with van der Waals surface area (Å²) in [6.07, 6.45) is 6.10. The summed E-state index contributed by atoms with van der Waals surface area (Å²) in [5, 5.41) is 3.23. The molecule has 1 atom stereocenters. The first-order chi connectivity index (χ1) is 13.3. The summed E-state index contributed by atoms with van der Waals surface area (Å²) in [6, 6.07) is 6.12. The maximum absolute atomic E-state index is 12.2. The van der Waals surface area contributed by atoms with Crippen LogP contribution in [0.2, 0.25) is 0 Å². The van der Waals surface area contributed by atoms with Crippen LogP contribution in [-0.4, -0.2) is 33.3 Å². The summed E-state index contributed by atoms with van der Waals surface area (Å²) in [6.45, 7) is 4.62. The average molecular weight is 410 g/mol. The van der Waals surface area contributed by atoms with E-state index in [2.05, 4.69) is 24.4 Å². The summed E-state index contributed by atoms with van der Waals surface area (Å²) in [5.74, 6) is 0.908. The van der Waals surface area contributed by atoms with Crippen molar-refractivity contribution in [2.75, 3.05) is 12.9 Å². The molecule has 7 heteroatoms. The van der Waals surface area contributed by atoms with Gasteiger partial charge in [0.1, 0.15) is 5.75 Å². The van der Waals surface area contributed by atoms with Crippen LogP contribution in [0.4, 0.5) is 0 Å². The number of carbonyl (C=O) groups excluding carboxylic acids is 1. The van der Waals surface area contributed by atoms with Crippen LogP contribution in [0.25, 0.3) is 0 Å². The first kappa shape index (κ1) is 21.1. The van der Waals surface area contributed by atoms with Gasteiger partial charge in [0.05, 0.1) is 25.0 Å². The molecule has 1 aromatic carbocycles. The lowest BCUT2D eigenvalue weighted by Crippen LogP contribution is -2.42. The number of amides is 1. The van der Waals surface area contributed by atoms with E-state index < -0.39 is 10.1 Å². The van der Waals surface area contributed by atoms with Crippen molar-refractivity contribution in [3.05, 3.63) is 29.3 Å². The van der Waals surface area contributed by atoms with Crippen LogP contribution in [0.1, 0.15) is 69.5 Å². The maximum Gasteiger partial charge on any atom is 0.264 e. The topological polar surface area (TPSA) is 81.7 Å². The van der Waals surface area contributed by atoms with Crippen LogP contribution in [0.5, 0.6) is 5.75 Å². The lowest BCUT2D eigenvalue weighted by atomic mass is 9.68. The van der Waals surface area contributed by atoms with Gasteiger partial charge in [-0.2, -0.15) is 8.42 Å². The minimum Gasteiger partial charge on any atom is -0.494 e. The first-order valence-corrected chi connectivity index (χ1v) is 12.0. The largest absolute Gasteiger partial charge is 0.494 e. The molecule has 0 heterocycles. The molecule has 1 saturated carbocycles. The Labute approximate surface area is 168 Å². The van der Waals surface area contributed by atoms with Gasteiger partial charge in [-0.25, -0.2) is 0 Å². The van der Waals surface area contributed by atoms with Crippen LogP contribution in [0, 0.1) is 5.41 Å². The van der Waals surface area contributed by atoms with E-state index in [1.807, 2.05) is 13.0 Å². The summed E-state index contributed by atoms with van der Waals surface area (Å²) in [7, 11) is -3.45. The van der Waals surface area contributed by atoms with E-state index in [1.54, 1.807) is 0 Å². The highest BCUT2D eigenvalue weighted by molar-refractivity contribution is 7.86. The SMILES string of the molecule is CCCOc1ccc2c(c1)CC1(CCC(OS(C)(=O)=O)CC1)C2NC(=O)CC. The smallest absolute Gasteiger partial charge is 0.264 e. The van der Waals surface area contributed by atoms with Crippen molar-refractivity contribution in [2.24, 2.45) is 5.41 Å². The average Bonchev–Trinajstić information content (AvgIpc) is 2.93. The van der Waals surface area contributed by atoms with E-state index in [0.717, 1.165) is 43.3 Å². The third kappa shape index (κ3) is 4.69. The van der Waals surface area contributed by atoms with Crippen LogP contribution >= 0.6 is 0 Å². The van der Waals surface area contributed by atoms with Crippen LogP contribution in [0.3, 0.4) is 0 Å². The van der Waals surface area contributed by atoms with Gasteiger partial charge < -0.3 is 10.1 Å². The molecule has 1 fully saturated rings. The molecule has 1 N–H and O–H groups in total. The number of rotatable bonds is 7. The molecular formula is C21H31NO5S. The van der Waals surface area contributed by atoms with Crippen molar-refractivity contribution in [1.29, 1.82) is 0 Å². The van der Waals surface area contributed by atoms with Gasteiger partial charge >= 0.3 is 0 Å². The third-order valence-corrected chi connectivity index (χ3v) is 6.54. The van der Waals surface area contributed by atoms with Gasteiger partial charge in [-0.15, -0.1) is 0 Å². The highest BCUT2D eigenvalue weighted by Crippen LogP contribution is 2.55. The van der Waals surface area contributed by atoms with Gasteiger partial charge in [0.25, 0.3) is 10.1 Å². The number of fused-ring (bicyclic) bond motifs is 1. The summed E-state index contributed by atoms with van der Waals surface area (Å²) >= 11 is 0. The van der Waals surface area contributed by atoms with Crippen LogP contribution < -0.4 is 10.1 Å². The zero-order valence-corrected chi connectivity index (χ0v) is 17.8. The lowest BCUT2D eigenvalue weighted by molar-refractivity contribution is -0.122. The zero-order chi connectivity index (χ0) is 20.4. The van der Waals surface area contributed by atoms with Crippen LogP contribution in [0.15, 0.2) is 18.2 Å². The van der Waals surface area contributed by atoms with Crippen molar-refractivity contribution >= 4 is 16.0 Å². The van der Waals surface area contributed by atoms with E-state index >= 15 is 0 Å². The Kier molecular flexibility index (Phi) is 6.34. The number of ether oxygens (including phenoxy) is 1. The second-order valence-corrected chi connectivity index (χ2v) is 9.70. The molecule has 1 unspecified atom stereocenters. The van der Waals surface area contributed by atoms with Crippen LogP contribution in [-0.2, 0) is 25.5 Å². The molecule has 6 nitrogen and oxygen atoms in total. The lowest BCUT2D eigenvalue weighted by Gasteiger charge is -2.41. The molecule has 1 amide bonds. The van der Waals surface area contributed by atoms with E-state index in [1.165, 1.54) is 5.56 Å². The second-order valence-electron chi connectivity index (χ2n) is 8.10. The Bertz CT molecular complexity index is 812.